The lowest BCUT2D eigenvalue weighted by molar-refractivity contribution is -0.135. The van der Waals surface area contributed by atoms with E-state index in [1.165, 1.54) is 0 Å². The molecule has 1 aromatic heterocycles. The van der Waals surface area contributed by atoms with E-state index in [4.69, 9.17) is 11.6 Å². The van der Waals surface area contributed by atoms with Crippen molar-refractivity contribution in [1.29, 1.82) is 0 Å². The summed E-state index contributed by atoms with van der Waals surface area (Å²) in [5.41, 5.74) is 0. The number of rotatable bonds is 2. The third-order valence-corrected chi connectivity index (χ3v) is 4.41. The first-order valence-corrected chi connectivity index (χ1v) is 7.65. The first-order valence-electron chi connectivity index (χ1n) is 7.27. The SMILES string of the molecule is O=C(C1CCN(c2ccc(Cl)nn2)CC1)N1CCCC1. The minimum Gasteiger partial charge on any atom is -0.355 e. The summed E-state index contributed by atoms with van der Waals surface area (Å²) in [6, 6.07) is 3.64. The fourth-order valence-electron chi connectivity index (χ4n) is 3.03. The van der Waals surface area contributed by atoms with Gasteiger partial charge >= 0.3 is 0 Å². The van der Waals surface area contributed by atoms with Crippen LogP contribution in [0.5, 0.6) is 0 Å². The Hall–Kier alpha value is -1.36. The van der Waals surface area contributed by atoms with Crippen molar-refractivity contribution in [3.8, 4) is 0 Å². The van der Waals surface area contributed by atoms with Gasteiger partial charge in [-0.25, -0.2) is 0 Å². The molecular formula is C14H19ClN4O. The molecule has 1 amide bonds. The molecule has 2 fully saturated rings. The van der Waals surface area contributed by atoms with Crippen molar-refractivity contribution in [2.75, 3.05) is 31.1 Å². The predicted molar refractivity (Wildman–Crippen MR) is 77.8 cm³/mol. The van der Waals surface area contributed by atoms with Gasteiger partial charge in [-0.1, -0.05) is 11.6 Å². The molecule has 0 unspecified atom stereocenters. The van der Waals surface area contributed by atoms with E-state index in [1.54, 1.807) is 6.07 Å². The molecule has 3 rings (SSSR count). The monoisotopic (exact) mass is 294 g/mol. The lowest BCUT2D eigenvalue weighted by Crippen LogP contribution is -2.42. The van der Waals surface area contributed by atoms with E-state index in [9.17, 15) is 4.79 Å². The molecule has 2 aliphatic heterocycles. The van der Waals surface area contributed by atoms with Gasteiger partial charge in [-0.2, -0.15) is 0 Å². The normalized spacial score (nSPS) is 20.4. The Morgan fingerprint density at radius 1 is 1.10 bits per heavy atom. The number of hydrogen-bond donors (Lipinski definition) is 0. The molecule has 0 bridgehead atoms. The summed E-state index contributed by atoms with van der Waals surface area (Å²) in [6.07, 6.45) is 4.12. The van der Waals surface area contributed by atoms with Gasteiger partial charge in [0, 0.05) is 32.1 Å². The molecule has 108 valence electrons. The fraction of sp³-hybridized carbons (Fsp3) is 0.643. The second-order valence-corrected chi connectivity index (χ2v) is 5.90. The summed E-state index contributed by atoms with van der Waals surface area (Å²) in [6.45, 7) is 3.62. The van der Waals surface area contributed by atoms with Gasteiger partial charge in [-0.05, 0) is 37.8 Å². The number of carbonyl (C=O) groups is 1. The van der Waals surface area contributed by atoms with Gasteiger partial charge in [-0.15, -0.1) is 10.2 Å². The summed E-state index contributed by atoms with van der Waals surface area (Å²) >= 11 is 5.75. The molecule has 5 nitrogen and oxygen atoms in total. The fourth-order valence-corrected chi connectivity index (χ4v) is 3.13. The molecule has 1 aromatic rings. The molecule has 0 atom stereocenters. The van der Waals surface area contributed by atoms with E-state index in [0.717, 1.165) is 57.7 Å². The van der Waals surface area contributed by atoms with Crippen molar-refractivity contribution in [3.63, 3.8) is 0 Å². The maximum atomic E-state index is 12.4. The summed E-state index contributed by atoms with van der Waals surface area (Å²) in [5.74, 6) is 1.38. The predicted octanol–water partition coefficient (Wildman–Crippen LogP) is 1.97. The standard InChI is InChI=1S/C14H19ClN4O/c15-12-3-4-13(17-16-12)18-9-5-11(6-10-18)14(20)19-7-1-2-8-19/h3-4,11H,1-2,5-10H2. The van der Waals surface area contributed by atoms with E-state index in [0.29, 0.717) is 11.1 Å². The van der Waals surface area contributed by atoms with Crippen molar-refractivity contribution < 1.29 is 4.79 Å². The van der Waals surface area contributed by atoms with Crippen LogP contribution in [0.25, 0.3) is 0 Å². The Morgan fingerprint density at radius 3 is 2.40 bits per heavy atom. The van der Waals surface area contributed by atoms with E-state index in [-0.39, 0.29) is 5.92 Å². The number of hydrogen-bond acceptors (Lipinski definition) is 4. The van der Waals surface area contributed by atoms with Gasteiger partial charge in [0.05, 0.1) is 0 Å². The highest BCUT2D eigenvalue weighted by Crippen LogP contribution is 2.24. The zero-order valence-corrected chi connectivity index (χ0v) is 12.2. The first-order chi connectivity index (χ1) is 9.74. The maximum absolute atomic E-state index is 12.4. The molecule has 0 N–H and O–H groups in total. The third kappa shape index (κ3) is 2.87. The molecule has 0 radical (unpaired) electrons. The van der Waals surface area contributed by atoms with Crippen LogP contribution < -0.4 is 4.90 Å². The number of anilines is 1. The number of halogens is 1. The Morgan fingerprint density at radius 2 is 1.80 bits per heavy atom. The van der Waals surface area contributed by atoms with E-state index < -0.39 is 0 Å². The van der Waals surface area contributed by atoms with Gasteiger partial charge in [-0.3, -0.25) is 4.79 Å². The lowest BCUT2D eigenvalue weighted by Gasteiger charge is -2.33. The van der Waals surface area contributed by atoms with Gasteiger partial charge in [0.25, 0.3) is 0 Å². The van der Waals surface area contributed by atoms with Crippen LogP contribution in [0.2, 0.25) is 5.15 Å². The molecule has 20 heavy (non-hydrogen) atoms. The number of amides is 1. The minimum atomic E-state index is 0.185. The molecule has 0 spiro atoms. The van der Waals surface area contributed by atoms with Crippen LogP contribution in [0.4, 0.5) is 5.82 Å². The number of likely N-dealkylation sites (tertiary alicyclic amines) is 1. The number of carbonyl (C=O) groups excluding carboxylic acids is 1. The summed E-state index contributed by atoms with van der Waals surface area (Å²) in [4.78, 5) is 16.6. The number of aromatic nitrogens is 2. The smallest absolute Gasteiger partial charge is 0.225 e. The molecule has 0 saturated carbocycles. The van der Waals surface area contributed by atoms with Gasteiger partial charge in [0.2, 0.25) is 5.91 Å². The number of piperidine rings is 1. The molecule has 0 aromatic carbocycles. The molecule has 0 aliphatic carbocycles. The summed E-state index contributed by atoms with van der Waals surface area (Å²) in [5, 5.41) is 8.38. The highest BCUT2D eigenvalue weighted by atomic mass is 35.5. The zero-order valence-electron chi connectivity index (χ0n) is 11.5. The first kappa shape index (κ1) is 13.6. The second-order valence-electron chi connectivity index (χ2n) is 5.51. The average molecular weight is 295 g/mol. The molecular weight excluding hydrogens is 276 g/mol. The van der Waals surface area contributed by atoms with Gasteiger partial charge in [0.1, 0.15) is 0 Å². The third-order valence-electron chi connectivity index (χ3n) is 4.20. The van der Waals surface area contributed by atoms with E-state index in [2.05, 4.69) is 15.1 Å². The van der Waals surface area contributed by atoms with Crippen molar-refractivity contribution >= 4 is 23.3 Å². The second kappa shape index (κ2) is 5.95. The van der Waals surface area contributed by atoms with Crippen LogP contribution in [0.3, 0.4) is 0 Å². The van der Waals surface area contributed by atoms with Crippen LogP contribution in [0.1, 0.15) is 25.7 Å². The zero-order chi connectivity index (χ0) is 13.9. The van der Waals surface area contributed by atoms with Crippen molar-refractivity contribution in [3.05, 3.63) is 17.3 Å². The maximum Gasteiger partial charge on any atom is 0.225 e. The quantitative estimate of drug-likeness (QED) is 0.837. The van der Waals surface area contributed by atoms with E-state index >= 15 is 0 Å². The van der Waals surface area contributed by atoms with Crippen molar-refractivity contribution in [2.24, 2.45) is 5.92 Å². The van der Waals surface area contributed by atoms with E-state index in [1.807, 2.05) is 11.0 Å². The molecule has 2 saturated heterocycles. The lowest BCUT2D eigenvalue weighted by atomic mass is 9.95. The van der Waals surface area contributed by atoms with Crippen molar-refractivity contribution in [1.82, 2.24) is 15.1 Å². The van der Waals surface area contributed by atoms with Crippen LogP contribution in [0, 0.1) is 5.92 Å². The number of nitrogens with zero attached hydrogens (tertiary/aromatic N) is 4. The minimum absolute atomic E-state index is 0.185. The summed E-state index contributed by atoms with van der Waals surface area (Å²) in [7, 11) is 0. The Bertz CT molecular complexity index is 465. The molecule has 2 aliphatic rings. The highest BCUT2D eigenvalue weighted by molar-refractivity contribution is 6.29. The molecule has 3 heterocycles. The van der Waals surface area contributed by atoms with Crippen LogP contribution in [-0.2, 0) is 4.79 Å². The van der Waals surface area contributed by atoms with Crippen LogP contribution in [-0.4, -0.2) is 47.2 Å². The van der Waals surface area contributed by atoms with Crippen molar-refractivity contribution in [2.45, 2.75) is 25.7 Å². The topological polar surface area (TPSA) is 49.3 Å². The average Bonchev–Trinajstić information content (AvgIpc) is 3.02. The largest absolute Gasteiger partial charge is 0.355 e. The van der Waals surface area contributed by atoms with Crippen LogP contribution in [0.15, 0.2) is 12.1 Å². The Labute approximate surface area is 123 Å². The highest BCUT2D eigenvalue weighted by Gasteiger charge is 2.30. The van der Waals surface area contributed by atoms with Gasteiger partial charge < -0.3 is 9.80 Å². The Balaban J connectivity index is 1.56. The van der Waals surface area contributed by atoms with Crippen LogP contribution >= 0.6 is 11.6 Å². The van der Waals surface area contributed by atoms with Gasteiger partial charge in [0.15, 0.2) is 11.0 Å². The summed E-state index contributed by atoms with van der Waals surface area (Å²) < 4.78 is 0. The Kier molecular flexibility index (Phi) is 4.05. The molecule has 6 heteroatoms.